The van der Waals surface area contributed by atoms with Gasteiger partial charge in [0.1, 0.15) is 5.69 Å². The summed E-state index contributed by atoms with van der Waals surface area (Å²) in [7, 11) is 0. The zero-order valence-electron chi connectivity index (χ0n) is 11.6. The number of hydrogen-bond acceptors (Lipinski definition) is 4. The van der Waals surface area contributed by atoms with E-state index in [-0.39, 0.29) is 18.2 Å². The second kappa shape index (κ2) is 6.69. The average molecular weight is 288 g/mol. The number of carboxylic acids is 1. The van der Waals surface area contributed by atoms with Crippen LogP contribution in [0.5, 0.6) is 0 Å². The van der Waals surface area contributed by atoms with Gasteiger partial charge in [-0.15, -0.1) is 0 Å². The molecule has 1 aromatic heterocycles. The number of hydrogen-bond donors (Lipinski definition) is 2. The lowest BCUT2D eigenvalue weighted by molar-refractivity contribution is -0.137. The van der Waals surface area contributed by atoms with Crippen LogP contribution in [0.4, 0.5) is 0 Å². The number of nitrogens with zero attached hydrogens (tertiary/aromatic N) is 1. The van der Waals surface area contributed by atoms with Crippen molar-refractivity contribution in [3.8, 4) is 11.3 Å². The predicted octanol–water partition coefficient (Wildman–Crippen LogP) is 2.32. The first-order valence-electron chi connectivity index (χ1n) is 6.61. The molecule has 0 radical (unpaired) electrons. The van der Waals surface area contributed by atoms with E-state index in [1.807, 2.05) is 30.3 Å². The van der Waals surface area contributed by atoms with Gasteiger partial charge in [0.25, 0.3) is 5.91 Å². The molecule has 0 fully saturated rings. The molecule has 0 bridgehead atoms. The summed E-state index contributed by atoms with van der Waals surface area (Å²) in [5, 5.41) is 15.1. The molecule has 6 nitrogen and oxygen atoms in total. The van der Waals surface area contributed by atoms with Crippen LogP contribution in [0, 0.1) is 0 Å². The van der Waals surface area contributed by atoms with Crippen molar-refractivity contribution in [2.45, 2.75) is 25.8 Å². The standard InChI is InChI=1S/C15H16N2O4/c1-10(7-8-14(18)19)16-15(20)13-9-12(17-21-13)11-5-3-2-4-6-11/h2-6,9-10H,7-8H2,1H3,(H,16,20)(H,18,19)/t10-/m0/s1. The van der Waals surface area contributed by atoms with Crippen molar-refractivity contribution in [3.63, 3.8) is 0 Å². The van der Waals surface area contributed by atoms with E-state index in [1.165, 1.54) is 0 Å². The first kappa shape index (κ1) is 14.8. The Kier molecular flexibility index (Phi) is 4.71. The van der Waals surface area contributed by atoms with Gasteiger partial charge < -0.3 is 14.9 Å². The molecule has 0 spiro atoms. The quantitative estimate of drug-likeness (QED) is 0.851. The first-order chi connectivity index (χ1) is 10.1. The van der Waals surface area contributed by atoms with Gasteiger partial charge >= 0.3 is 5.97 Å². The van der Waals surface area contributed by atoms with Crippen molar-refractivity contribution < 1.29 is 19.2 Å². The van der Waals surface area contributed by atoms with E-state index in [9.17, 15) is 9.59 Å². The monoisotopic (exact) mass is 288 g/mol. The lowest BCUT2D eigenvalue weighted by atomic mass is 10.1. The molecular formula is C15H16N2O4. The third-order valence-electron chi connectivity index (χ3n) is 2.97. The molecule has 0 saturated heterocycles. The molecule has 1 heterocycles. The van der Waals surface area contributed by atoms with Crippen LogP contribution in [-0.4, -0.2) is 28.2 Å². The van der Waals surface area contributed by atoms with Gasteiger partial charge in [0.2, 0.25) is 5.76 Å². The summed E-state index contributed by atoms with van der Waals surface area (Å²) in [4.78, 5) is 22.4. The first-order valence-corrected chi connectivity index (χ1v) is 6.61. The lowest BCUT2D eigenvalue weighted by Crippen LogP contribution is -2.32. The van der Waals surface area contributed by atoms with Crippen LogP contribution in [0.15, 0.2) is 40.9 Å². The normalized spacial score (nSPS) is 11.9. The van der Waals surface area contributed by atoms with Crippen LogP contribution in [0.3, 0.4) is 0 Å². The van der Waals surface area contributed by atoms with Crippen LogP contribution in [-0.2, 0) is 4.79 Å². The summed E-state index contributed by atoms with van der Waals surface area (Å²) in [6, 6.07) is 10.7. The minimum atomic E-state index is -0.887. The average Bonchev–Trinajstić information content (AvgIpc) is 2.96. The molecule has 110 valence electrons. The minimum absolute atomic E-state index is 0.00706. The molecule has 1 atom stereocenters. The molecule has 1 amide bonds. The number of nitrogens with one attached hydrogen (secondary N) is 1. The van der Waals surface area contributed by atoms with Crippen LogP contribution in [0.1, 0.15) is 30.3 Å². The zero-order valence-corrected chi connectivity index (χ0v) is 11.6. The maximum Gasteiger partial charge on any atom is 0.303 e. The van der Waals surface area contributed by atoms with Gasteiger partial charge in [-0.05, 0) is 13.3 Å². The summed E-state index contributed by atoms with van der Waals surface area (Å²) >= 11 is 0. The predicted molar refractivity (Wildman–Crippen MR) is 75.7 cm³/mol. The van der Waals surface area contributed by atoms with Gasteiger partial charge in [0.05, 0.1) is 0 Å². The molecule has 0 aliphatic heterocycles. The third-order valence-corrected chi connectivity index (χ3v) is 2.97. The summed E-state index contributed by atoms with van der Waals surface area (Å²) in [6.45, 7) is 1.75. The van der Waals surface area contributed by atoms with Crippen molar-refractivity contribution in [3.05, 3.63) is 42.2 Å². The van der Waals surface area contributed by atoms with Crippen LogP contribution in [0.25, 0.3) is 11.3 Å². The van der Waals surface area contributed by atoms with E-state index in [0.717, 1.165) is 5.56 Å². The van der Waals surface area contributed by atoms with Crippen molar-refractivity contribution in [1.82, 2.24) is 10.5 Å². The molecule has 0 aliphatic carbocycles. The molecule has 21 heavy (non-hydrogen) atoms. The van der Waals surface area contributed by atoms with E-state index >= 15 is 0 Å². The minimum Gasteiger partial charge on any atom is -0.481 e. The fourth-order valence-electron chi connectivity index (χ4n) is 1.83. The zero-order chi connectivity index (χ0) is 15.2. The molecule has 2 aromatic rings. The topological polar surface area (TPSA) is 92.4 Å². The van der Waals surface area contributed by atoms with Crippen LogP contribution < -0.4 is 5.32 Å². The summed E-state index contributed by atoms with van der Waals surface area (Å²) in [6.07, 6.45) is 0.369. The Hall–Kier alpha value is -2.63. The van der Waals surface area contributed by atoms with E-state index in [1.54, 1.807) is 13.0 Å². The molecule has 2 rings (SSSR count). The number of rotatable bonds is 6. The Bertz CT molecular complexity index is 622. The Morgan fingerprint density at radius 3 is 2.71 bits per heavy atom. The maximum absolute atomic E-state index is 12.0. The highest BCUT2D eigenvalue weighted by molar-refractivity contribution is 5.92. The van der Waals surface area contributed by atoms with Crippen molar-refractivity contribution in [2.75, 3.05) is 0 Å². The number of aromatic nitrogens is 1. The number of amides is 1. The number of aliphatic carboxylic acids is 1. The van der Waals surface area contributed by atoms with Crippen LogP contribution >= 0.6 is 0 Å². The highest BCUT2D eigenvalue weighted by Crippen LogP contribution is 2.18. The Morgan fingerprint density at radius 1 is 1.33 bits per heavy atom. The molecular weight excluding hydrogens is 272 g/mol. The molecule has 2 N–H and O–H groups in total. The number of carbonyl (C=O) groups excluding carboxylic acids is 1. The van der Waals surface area contributed by atoms with E-state index in [2.05, 4.69) is 10.5 Å². The largest absolute Gasteiger partial charge is 0.481 e. The highest BCUT2D eigenvalue weighted by Gasteiger charge is 2.16. The van der Waals surface area contributed by atoms with Gasteiger partial charge in [0.15, 0.2) is 0 Å². The molecule has 0 aliphatic rings. The third kappa shape index (κ3) is 4.17. The van der Waals surface area contributed by atoms with Crippen molar-refractivity contribution in [2.24, 2.45) is 0 Å². The molecule has 6 heteroatoms. The molecule has 1 aromatic carbocycles. The van der Waals surface area contributed by atoms with Crippen molar-refractivity contribution in [1.29, 1.82) is 0 Å². The summed E-state index contributed by atoms with van der Waals surface area (Å²) in [5.74, 6) is -1.18. The van der Waals surface area contributed by atoms with Crippen LogP contribution in [0.2, 0.25) is 0 Å². The Labute approximate surface area is 121 Å². The van der Waals surface area contributed by atoms with Gasteiger partial charge in [-0.2, -0.15) is 0 Å². The van der Waals surface area contributed by atoms with Gasteiger partial charge in [0, 0.05) is 24.1 Å². The van der Waals surface area contributed by atoms with Gasteiger partial charge in [-0.3, -0.25) is 9.59 Å². The second-order valence-corrected chi connectivity index (χ2v) is 4.75. The highest BCUT2D eigenvalue weighted by atomic mass is 16.5. The molecule has 0 saturated carbocycles. The summed E-state index contributed by atoms with van der Waals surface area (Å²) < 4.78 is 5.03. The fraction of sp³-hybridized carbons (Fsp3) is 0.267. The summed E-state index contributed by atoms with van der Waals surface area (Å²) in [5.41, 5.74) is 1.44. The van der Waals surface area contributed by atoms with Gasteiger partial charge in [-0.25, -0.2) is 0 Å². The molecule has 0 unspecified atom stereocenters. The SMILES string of the molecule is C[C@@H](CCC(=O)O)NC(=O)c1cc(-c2ccccc2)no1. The van der Waals surface area contributed by atoms with Crippen molar-refractivity contribution >= 4 is 11.9 Å². The fourth-order valence-corrected chi connectivity index (χ4v) is 1.83. The number of carbonyl (C=O) groups is 2. The maximum atomic E-state index is 12.0. The Morgan fingerprint density at radius 2 is 2.05 bits per heavy atom. The van der Waals surface area contributed by atoms with E-state index in [0.29, 0.717) is 12.1 Å². The second-order valence-electron chi connectivity index (χ2n) is 4.75. The Balaban J connectivity index is 1.98. The number of carboxylic acid groups (broad SMARTS) is 1. The number of benzene rings is 1. The van der Waals surface area contributed by atoms with E-state index < -0.39 is 11.9 Å². The smallest absolute Gasteiger partial charge is 0.303 e. The van der Waals surface area contributed by atoms with E-state index in [4.69, 9.17) is 9.63 Å². The lowest BCUT2D eigenvalue weighted by Gasteiger charge is -2.10. The van der Waals surface area contributed by atoms with Gasteiger partial charge in [-0.1, -0.05) is 35.5 Å².